The van der Waals surface area contributed by atoms with Gasteiger partial charge in [-0.15, -0.1) is 0 Å². The Balaban J connectivity index is 2.11. The molecule has 0 saturated heterocycles. The topological polar surface area (TPSA) is 16.1 Å². The Bertz CT molecular complexity index is 573. The second-order valence-corrected chi connectivity index (χ2v) is 5.69. The zero-order chi connectivity index (χ0) is 12.8. The van der Waals surface area contributed by atoms with E-state index in [-0.39, 0.29) is 5.41 Å². The third kappa shape index (κ3) is 1.69. The molecule has 1 aromatic carbocycles. The average molecular weight is 238 g/mol. The normalized spacial score (nSPS) is 16.7. The van der Waals surface area contributed by atoms with E-state index in [1.807, 2.05) is 18.3 Å². The van der Waals surface area contributed by atoms with Crippen LogP contribution in [0.5, 0.6) is 0 Å². The fourth-order valence-electron chi connectivity index (χ4n) is 2.88. The summed E-state index contributed by atoms with van der Waals surface area (Å²) in [6, 6.07) is 12.7. The minimum Gasteiger partial charge on any atom is -0.373 e. The van der Waals surface area contributed by atoms with Crippen LogP contribution in [0.2, 0.25) is 0 Å². The molecule has 0 aliphatic carbocycles. The van der Waals surface area contributed by atoms with Crippen LogP contribution in [0.15, 0.2) is 42.6 Å². The molecule has 92 valence electrons. The average Bonchev–Trinajstić information content (AvgIpc) is 2.61. The fourth-order valence-corrected chi connectivity index (χ4v) is 2.88. The molecule has 1 aromatic heterocycles. The number of hydrogen-bond donors (Lipinski definition) is 0. The fraction of sp³-hybridized carbons (Fsp3) is 0.312. The third-order valence-corrected chi connectivity index (χ3v) is 3.73. The van der Waals surface area contributed by atoms with E-state index in [9.17, 15) is 0 Å². The standard InChI is InChI=1S/C16H18N2/c1-16(2)11-18(3)15-10-12(7-8-13(15)16)14-6-4-5-9-17-14/h4-10H,11H2,1-3H3. The van der Waals surface area contributed by atoms with Crippen LogP contribution in [0, 0.1) is 0 Å². The number of pyridine rings is 1. The molecule has 3 rings (SSSR count). The predicted octanol–water partition coefficient (Wildman–Crippen LogP) is 3.48. The summed E-state index contributed by atoms with van der Waals surface area (Å²) in [5.74, 6) is 0. The monoisotopic (exact) mass is 238 g/mol. The lowest BCUT2D eigenvalue weighted by Crippen LogP contribution is -2.24. The van der Waals surface area contributed by atoms with E-state index in [2.05, 4.69) is 55.0 Å². The highest BCUT2D eigenvalue weighted by atomic mass is 15.1. The van der Waals surface area contributed by atoms with E-state index in [0.29, 0.717) is 0 Å². The highest BCUT2D eigenvalue weighted by molar-refractivity contribution is 5.71. The number of aromatic nitrogens is 1. The van der Waals surface area contributed by atoms with Gasteiger partial charge in [-0.05, 0) is 23.8 Å². The van der Waals surface area contributed by atoms with Crippen LogP contribution in [0.1, 0.15) is 19.4 Å². The zero-order valence-corrected chi connectivity index (χ0v) is 11.1. The van der Waals surface area contributed by atoms with Crippen molar-refractivity contribution >= 4 is 5.69 Å². The Morgan fingerprint density at radius 3 is 2.72 bits per heavy atom. The smallest absolute Gasteiger partial charge is 0.0702 e. The van der Waals surface area contributed by atoms with Gasteiger partial charge >= 0.3 is 0 Å². The first-order valence-electron chi connectivity index (χ1n) is 6.35. The van der Waals surface area contributed by atoms with Gasteiger partial charge in [0.2, 0.25) is 0 Å². The molecule has 0 bridgehead atoms. The summed E-state index contributed by atoms with van der Waals surface area (Å²) < 4.78 is 0. The minimum absolute atomic E-state index is 0.243. The lowest BCUT2D eigenvalue weighted by Gasteiger charge is -2.18. The van der Waals surface area contributed by atoms with E-state index in [1.165, 1.54) is 16.8 Å². The van der Waals surface area contributed by atoms with Crippen molar-refractivity contribution < 1.29 is 0 Å². The van der Waals surface area contributed by atoms with Crippen molar-refractivity contribution in [3.05, 3.63) is 48.2 Å². The van der Waals surface area contributed by atoms with Crippen molar-refractivity contribution in [3.63, 3.8) is 0 Å². The highest BCUT2D eigenvalue weighted by Crippen LogP contribution is 2.41. The van der Waals surface area contributed by atoms with Gasteiger partial charge in [-0.3, -0.25) is 4.98 Å². The van der Waals surface area contributed by atoms with Crippen molar-refractivity contribution in [3.8, 4) is 11.3 Å². The van der Waals surface area contributed by atoms with E-state index >= 15 is 0 Å². The molecule has 2 heteroatoms. The lowest BCUT2D eigenvalue weighted by molar-refractivity contribution is 0.563. The van der Waals surface area contributed by atoms with E-state index < -0.39 is 0 Å². The molecular formula is C16H18N2. The zero-order valence-electron chi connectivity index (χ0n) is 11.1. The summed E-state index contributed by atoms with van der Waals surface area (Å²) in [6.45, 7) is 5.68. The molecule has 2 nitrogen and oxygen atoms in total. The molecule has 0 amide bonds. The first kappa shape index (κ1) is 11.3. The van der Waals surface area contributed by atoms with E-state index in [0.717, 1.165) is 12.2 Å². The largest absolute Gasteiger partial charge is 0.373 e. The Labute approximate surface area is 108 Å². The first-order valence-corrected chi connectivity index (χ1v) is 6.35. The van der Waals surface area contributed by atoms with Crippen LogP contribution in [-0.4, -0.2) is 18.6 Å². The summed E-state index contributed by atoms with van der Waals surface area (Å²) in [6.07, 6.45) is 1.84. The summed E-state index contributed by atoms with van der Waals surface area (Å²) in [4.78, 5) is 6.75. The number of rotatable bonds is 1. The van der Waals surface area contributed by atoms with Crippen molar-refractivity contribution in [1.82, 2.24) is 4.98 Å². The van der Waals surface area contributed by atoms with Crippen LogP contribution < -0.4 is 4.90 Å². The Kier molecular flexibility index (Phi) is 2.40. The lowest BCUT2D eigenvalue weighted by atomic mass is 9.86. The Morgan fingerprint density at radius 2 is 2.00 bits per heavy atom. The minimum atomic E-state index is 0.243. The van der Waals surface area contributed by atoms with Gasteiger partial charge in [-0.2, -0.15) is 0 Å². The molecule has 0 N–H and O–H groups in total. The van der Waals surface area contributed by atoms with Gasteiger partial charge in [-0.1, -0.05) is 32.0 Å². The number of benzene rings is 1. The number of anilines is 1. The molecule has 1 aliphatic heterocycles. The molecule has 1 aliphatic rings. The molecule has 0 fully saturated rings. The van der Waals surface area contributed by atoms with E-state index in [1.54, 1.807) is 0 Å². The Hall–Kier alpha value is -1.83. The van der Waals surface area contributed by atoms with Crippen LogP contribution in [-0.2, 0) is 5.41 Å². The number of hydrogen-bond acceptors (Lipinski definition) is 2. The summed E-state index contributed by atoms with van der Waals surface area (Å²) in [5.41, 5.74) is 5.25. The van der Waals surface area contributed by atoms with Gasteiger partial charge in [0.1, 0.15) is 0 Å². The molecular weight excluding hydrogens is 220 g/mol. The maximum Gasteiger partial charge on any atom is 0.0702 e. The Morgan fingerprint density at radius 1 is 1.17 bits per heavy atom. The van der Waals surface area contributed by atoms with Gasteiger partial charge in [0, 0.05) is 36.5 Å². The van der Waals surface area contributed by atoms with Crippen LogP contribution in [0.25, 0.3) is 11.3 Å². The third-order valence-electron chi connectivity index (χ3n) is 3.73. The molecule has 0 radical (unpaired) electrons. The second kappa shape index (κ2) is 3.84. The predicted molar refractivity (Wildman–Crippen MR) is 76.0 cm³/mol. The first-order chi connectivity index (χ1) is 8.58. The number of nitrogens with zero attached hydrogens (tertiary/aromatic N) is 2. The highest BCUT2D eigenvalue weighted by Gasteiger charge is 2.33. The molecule has 0 unspecified atom stereocenters. The molecule has 2 aromatic rings. The summed E-state index contributed by atoms with van der Waals surface area (Å²) in [7, 11) is 2.16. The van der Waals surface area contributed by atoms with Crippen LogP contribution in [0.3, 0.4) is 0 Å². The van der Waals surface area contributed by atoms with Crippen molar-refractivity contribution in [2.24, 2.45) is 0 Å². The number of likely N-dealkylation sites (N-methyl/N-ethyl adjacent to an activating group) is 1. The van der Waals surface area contributed by atoms with Gasteiger partial charge in [-0.25, -0.2) is 0 Å². The molecule has 0 spiro atoms. The van der Waals surface area contributed by atoms with Gasteiger partial charge in [0.25, 0.3) is 0 Å². The maximum atomic E-state index is 4.42. The van der Waals surface area contributed by atoms with Gasteiger partial charge in [0.05, 0.1) is 5.69 Å². The summed E-state index contributed by atoms with van der Waals surface area (Å²) in [5, 5.41) is 0. The maximum absolute atomic E-state index is 4.42. The van der Waals surface area contributed by atoms with Gasteiger partial charge < -0.3 is 4.90 Å². The van der Waals surface area contributed by atoms with E-state index in [4.69, 9.17) is 0 Å². The number of fused-ring (bicyclic) bond motifs is 1. The summed E-state index contributed by atoms with van der Waals surface area (Å²) >= 11 is 0. The second-order valence-electron chi connectivity index (χ2n) is 5.69. The van der Waals surface area contributed by atoms with Crippen molar-refractivity contribution in [2.75, 3.05) is 18.5 Å². The van der Waals surface area contributed by atoms with Crippen LogP contribution >= 0.6 is 0 Å². The molecule has 2 heterocycles. The molecule has 0 atom stereocenters. The SMILES string of the molecule is CN1CC(C)(C)c2ccc(-c3ccccn3)cc21. The van der Waals surface area contributed by atoms with Crippen LogP contribution in [0.4, 0.5) is 5.69 Å². The van der Waals surface area contributed by atoms with Gasteiger partial charge in [0.15, 0.2) is 0 Å². The molecule has 0 saturated carbocycles. The van der Waals surface area contributed by atoms with Crippen molar-refractivity contribution in [2.45, 2.75) is 19.3 Å². The quantitative estimate of drug-likeness (QED) is 0.756. The van der Waals surface area contributed by atoms with Crippen molar-refractivity contribution in [1.29, 1.82) is 0 Å². The molecule has 18 heavy (non-hydrogen) atoms.